The Balaban J connectivity index is 1.94. The van der Waals surface area contributed by atoms with Crippen molar-refractivity contribution in [3.63, 3.8) is 0 Å². The smallest absolute Gasteiger partial charge is 0.387 e. The molecule has 1 heterocycles. The molecule has 12 heteroatoms. The summed E-state index contributed by atoms with van der Waals surface area (Å²) in [6, 6.07) is 2.63. The highest BCUT2D eigenvalue weighted by Crippen LogP contribution is 2.33. The largest absolute Gasteiger partial charge is 0.416 e. The number of anilines is 1. The molecule has 0 atom stereocenters. The molecule has 1 fully saturated rings. The molecule has 28 heavy (non-hydrogen) atoms. The summed E-state index contributed by atoms with van der Waals surface area (Å²) in [5, 5.41) is 17.8. The lowest BCUT2D eigenvalue weighted by molar-refractivity contribution is -0.141. The summed E-state index contributed by atoms with van der Waals surface area (Å²) in [7, 11) is 0. The normalized spacial score (nSPS) is 15.2. The van der Waals surface area contributed by atoms with Crippen molar-refractivity contribution in [2.75, 3.05) is 44.6 Å². The molecule has 154 valence electrons. The number of nitrogens with zero attached hydrogens (tertiary/aromatic N) is 4. The van der Waals surface area contributed by atoms with Gasteiger partial charge >= 0.3 is 6.18 Å². The molecule has 1 aromatic rings. The van der Waals surface area contributed by atoms with Crippen LogP contribution in [0.25, 0.3) is 0 Å². The van der Waals surface area contributed by atoms with E-state index in [1.165, 1.54) is 10.0 Å². The van der Waals surface area contributed by atoms with Crippen molar-refractivity contribution in [2.24, 2.45) is 5.10 Å². The first-order chi connectivity index (χ1) is 13.2. The van der Waals surface area contributed by atoms with Crippen LogP contribution in [-0.2, 0) is 15.8 Å². The third-order valence-electron chi connectivity index (χ3n) is 4.09. The van der Waals surface area contributed by atoms with Crippen LogP contribution in [0.4, 0.5) is 18.9 Å². The van der Waals surface area contributed by atoms with Gasteiger partial charge < -0.3 is 15.3 Å². The second-order valence-corrected chi connectivity index (χ2v) is 6.31. The number of aliphatic hydroxyl groups is 1. The van der Waals surface area contributed by atoms with Crippen molar-refractivity contribution >= 4 is 35.8 Å². The van der Waals surface area contributed by atoms with Gasteiger partial charge in [0.05, 0.1) is 16.3 Å². The van der Waals surface area contributed by atoms with E-state index in [0.29, 0.717) is 26.2 Å². The number of carbonyl (C=O) groups is 2. The Bertz CT molecular complexity index is 739. The number of hydrazine groups is 1. The quantitative estimate of drug-likeness (QED) is 0.533. The van der Waals surface area contributed by atoms with Crippen molar-refractivity contribution < 1.29 is 27.9 Å². The molecule has 0 unspecified atom stereocenters. The number of hydrazone groups is 1. The van der Waals surface area contributed by atoms with Gasteiger partial charge in [0.15, 0.2) is 0 Å². The number of nitrogens with one attached hydrogen (secondary N) is 1. The molecule has 0 radical (unpaired) electrons. The first-order valence-corrected chi connectivity index (χ1v) is 8.57. The van der Waals surface area contributed by atoms with Crippen LogP contribution < -0.4 is 5.32 Å². The Morgan fingerprint density at radius 1 is 1.29 bits per heavy atom. The summed E-state index contributed by atoms with van der Waals surface area (Å²) in [5.74, 6) is -0.935. The molecule has 2 amide bonds. The minimum atomic E-state index is -4.53. The standard InChI is InChI=1S/C16H19ClF3N5O3/c1-21-25(24-6-4-23(5-7-24)15(28)10-26)9-14(27)22-13-3-2-11(8-12(13)17)16(18,19)20/h2-3,8,26H,1,4-7,9-10H2,(H,22,27). The average molecular weight is 422 g/mol. The molecule has 0 aliphatic carbocycles. The summed E-state index contributed by atoms with van der Waals surface area (Å²) in [6.07, 6.45) is -4.53. The maximum atomic E-state index is 12.7. The molecular weight excluding hydrogens is 403 g/mol. The highest BCUT2D eigenvalue weighted by molar-refractivity contribution is 6.33. The van der Waals surface area contributed by atoms with Crippen LogP contribution >= 0.6 is 11.6 Å². The number of rotatable bonds is 6. The SMILES string of the molecule is C=NN(CC(=O)Nc1ccc(C(F)(F)F)cc1Cl)N1CCN(C(=O)CO)CC1. The van der Waals surface area contributed by atoms with Crippen molar-refractivity contribution in [2.45, 2.75) is 6.18 Å². The second-order valence-electron chi connectivity index (χ2n) is 5.90. The van der Waals surface area contributed by atoms with Gasteiger partial charge in [0.2, 0.25) is 11.8 Å². The number of hydrogen-bond donors (Lipinski definition) is 2. The fourth-order valence-corrected chi connectivity index (χ4v) is 2.85. The van der Waals surface area contributed by atoms with Gasteiger partial charge in [-0.05, 0) is 18.2 Å². The van der Waals surface area contributed by atoms with E-state index in [1.807, 2.05) is 0 Å². The van der Waals surface area contributed by atoms with Crippen LogP contribution in [0.5, 0.6) is 0 Å². The summed E-state index contributed by atoms with van der Waals surface area (Å²) >= 11 is 5.83. The molecule has 2 N–H and O–H groups in total. The summed E-state index contributed by atoms with van der Waals surface area (Å²) in [4.78, 5) is 25.2. The summed E-state index contributed by atoms with van der Waals surface area (Å²) < 4.78 is 38.0. The molecule has 0 aromatic heterocycles. The number of hydrogen-bond acceptors (Lipinski definition) is 6. The zero-order valence-corrected chi connectivity index (χ0v) is 15.5. The van der Waals surface area contributed by atoms with E-state index in [0.717, 1.165) is 18.2 Å². The molecule has 1 saturated heterocycles. The minimum absolute atomic E-state index is 0.0436. The van der Waals surface area contributed by atoms with Crippen LogP contribution in [0, 0.1) is 0 Å². The number of halogens is 4. The first-order valence-electron chi connectivity index (χ1n) is 8.20. The molecule has 1 aliphatic heterocycles. The van der Waals surface area contributed by atoms with Gasteiger partial charge in [0, 0.05) is 32.9 Å². The molecule has 0 spiro atoms. The summed E-state index contributed by atoms with van der Waals surface area (Å²) in [5.41, 5.74) is -0.873. The molecule has 0 saturated carbocycles. The predicted octanol–water partition coefficient (Wildman–Crippen LogP) is 1.27. The maximum absolute atomic E-state index is 12.7. The molecular formula is C16H19ClF3N5O3. The topological polar surface area (TPSA) is 88.5 Å². The molecule has 8 nitrogen and oxygen atoms in total. The van der Waals surface area contributed by atoms with Crippen LogP contribution in [0.1, 0.15) is 5.56 Å². The third-order valence-corrected chi connectivity index (χ3v) is 4.40. The van der Waals surface area contributed by atoms with Gasteiger partial charge in [0.1, 0.15) is 13.2 Å². The lowest BCUT2D eigenvalue weighted by Gasteiger charge is -2.38. The molecule has 0 bridgehead atoms. The van der Waals surface area contributed by atoms with E-state index in [1.54, 1.807) is 5.01 Å². The number of alkyl halides is 3. The Morgan fingerprint density at radius 3 is 2.43 bits per heavy atom. The highest BCUT2D eigenvalue weighted by atomic mass is 35.5. The van der Waals surface area contributed by atoms with Crippen molar-refractivity contribution in [1.29, 1.82) is 0 Å². The zero-order chi connectivity index (χ0) is 20.9. The zero-order valence-electron chi connectivity index (χ0n) is 14.7. The summed E-state index contributed by atoms with van der Waals surface area (Å²) in [6.45, 7) is 4.03. The first kappa shape index (κ1) is 21.9. The second kappa shape index (κ2) is 9.22. The van der Waals surface area contributed by atoms with E-state index in [2.05, 4.69) is 17.1 Å². The van der Waals surface area contributed by atoms with Gasteiger partial charge in [0.25, 0.3) is 0 Å². The van der Waals surface area contributed by atoms with Crippen molar-refractivity contribution in [3.05, 3.63) is 28.8 Å². The Morgan fingerprint density at radius 2 is 1.93 bits per heavy atom. The van der Waals surface area contributed by atoms with E-state index in [-0.39, 0.29) is 23.2 Å². The lowest BCUT2D eigenvalue weighted by Crippen LogP contribution is -2.55. The Hall–Kier alpha value is -2.37. The fraction of sp³-hybridized carbons (Fsp3) is 0.438. The van der Waals surface area contributed by atoms with Gasteiger partial charge in [-0.3, -0.25) is 9.59 Å². The monoisotopic (exact) mass is 421 g/mol. The minimum Gasteiger partial charge on any atom is -0.387 e. The molecule has 2 rings (SSSR count). The number of carbonyl (C=O) groups excluding carboxylic acids is 2. The average Bonchev–Trinajstić information content (AvgIpc) is 2.66. The van der Waals surface area contributed by atoms with Crippen LogP contribution in [0.15, 0.2) is 23.3 Å². The van der Waals surface area contributed by atoms with E-state index >= 15 is 0 Å². The Labute approximate surface area is 164 Å². The lowest BCUT2D eigenvalue weighted by atomic mass is 10.2. The van der Waals surface area contributed by atoms with Gasteiger partial charge in [-0.1, -0.05) is 11.6 Å². The van der Waals surface area contributed by atoms with E-state index in [4.69, 9.17) is 16.7 Å². The van der Waals surface area contributed by atoms with Gasteiger partial charge in [-0.25, -0.2) is 10.1 Å². The Kier molecular flexibility index (Phi) is 7.22. The van der Waals surface area contributed by atoms with Crippen LogP contribution in [-0.4, -0.2) is 78.0 Å². The molecule has 1 aromatic carbocycles. The maximum Gasteiger partial charge on any atom is 0.416 e. The highest BCUT2D eigenvalue weighted by Gasteiger charge is 2.31. The predicted molar refractivity (Wildman–Crippen MR) is 96.6 cm³/mol. The molecule has 1 aliphatic rings. The number of aliphatic hydroxyl groups excluding tert-OH is 1. The third kappa shape index (κ3) is 5.57. The van der Waals surface area contributed by atoms with Crippen molar-refractivity contribution in [1.82, 2.24) is 15.0 Å². The van der Waals surface area contributed by atoms with Crippen LogP contribution in [0.2, 0.25) is 5.02 Å². The number of amides is 2. The fourth-order valence-electron chi connectivity index (χ4n) is 2.63. The van der Waals surface area contributed by atoms with Gasteiger partial charge in [-0.2, -0.15) is 18.3 Å². The van der Waals surface area contributed by atoms with Crippen LogP contribution in [0.3, 0.4) is 0 Å². The number of piperazine rings is 1. The van der Waals surface area contributed by atoms with Crippen molar-refractivity contribution in [3.8, 4) is 0 Å². The number of benzene rings is 1. The van der Waals surface area contributed by atoms with Gasteiger partial charge in [-0.15, -0.1) is 0 Å². The van der Waals surface area contributed by atoms with E-state index in [9.17, 15) is 22.8 Å². The van der Waals surface area contributed by atoms with E-state index < -0.39 is 24.3 Å².